The van der Waals surface area contributed by atoms with Gasteiger partial charge >= 0.3 is 5.97 Å². The number of esters is 1. The Morgan fingerprint density at radius 1 is 1.00 bits per heavy atom. The van der Waals surface area contributed by atoms with E-state index in [2.05, 4.69) is 5.32 Å². The first-order valence-electron chi connectivity index (χ1n) is 10.1. The van der Waals surface area contributed by atoms with Crippen molar-refractivity contribution in [2.24, 2.45) is 0 Å². The molecule has 1 N–H and O–H groups in total. The maximum atomic E-state index is 12.4. The first kappa shape index (κ1) is 24.4. The number of sulfone groups is 1. The predicted molar refractivity (Wildman–Crippen MR) is 118 cm³/mol. The van der Waals surface area contributed by atoms with Crippen molar-refractivity contribution in [2.45, 2.75) is 43.0 Å². The highest BCUT2D eigenvalue weighted by Crippen LogP contribution is 2.16. The van der Waals surface area contributed by atoms with Crippen LogP contribution in [0.15, 0.2) is 59.5 Å². The van der Waals surface area contributed by atoms with Crippen molar-refractivity contribution >= 4 is 21.7 Å². The molecule has 2 rings (SSSR count). The standard InChI is InChI=1S/C23H29NO6S/c1-29-23(26)15-10-19(17-18-7-4-3-5-8-18)24-22(25)9-6-16-30-20-11-13-21(14-12-20)31(2,27)28/h3-5,7-8,11-14,19H,6,9-10,15-17H2,1-2H3,(H,24,25)/t19-/m1/s1. The number of nitrogens with one attached hydrogen (secondary N) is 1. The molecule has 0 saturated carbocycles. The molecule has 0 aliphatic heterocycles. The third kappa shape index (κ3) is 9.21. The molecular weight excluding hydrogens is 418 g/mol. The quantitative estimate of drug-likeness (QED) is 0.397. The zero-order valence-electron chi connectivity index (χ0n) is 17.9. The second-order valence-corrected chi connectivity index (χ2v) is 9.28. The predicted octanol–water partition coefficient (Wildman–Crippen LogP) is 2.93. The van der Waals surface area contributed by atoms with Crippen molar-refractivity contribution in [3.05, 3.63) is 60.2 Å². The Bertz CT molecular complexity index is 942. The van der Waals surface area contributed by atoms with E-state index in [-0.39, 0.29) is 35.7 Å². The minimum Gasteiger partial charge on any atom is -0.494 e. The van der Waals surface area contributed by atoms with Gasteiger partial charge in [-0.3, -0.25) is 9.59 Å². The molecule has 0 heterocycles. The summed E-state index contributed by atoms with van der Waals surface area (Å²) in [5, 5.41) is 3.00. The summed E-state index contributed by atoms with van der Waals surface area (Å²) in [7, 11) is -1.89. The topological polar surface area (TPSA) is 98.8 Å². The largest absolute Gasteiger partial charge is 0.494 e. The Labute approximate surface area is 183 Å². The average molecular weight is 448 g/mol. The zero-order chi connectivity index (χ0) is 22.7. The molecule has 0 aliphatic carbocycles. The van der Waals surface area contributed by atoms with Gasteiger partial charge in [-0.15, -0.1) is 0 Å². The van der Waals surface area contributed by atoms with Crippen molar-refractivity contribution in [3.8, 4) is 5.75 Å². The molecule has 7 nitrogen and oxygen atoms in total. The van der Waals surface area contributed by atoms with Gasteiger partial charge in [0.2, 0.25) is 5.91 Å². The van der Waals surface area contributed by atoms with Crippen molar-refractivity contribution in [1.82, 2.24) is 5.32 Å². The monoisotopic (exact) mass is 447 g/mol. The van der Waals surface area contributed by atoms with Crippen LogP contribution in [0.25, 0.3) is 0 Å². The van der Waals surface area contributed by atoms with Gasteiger partial charge in [-0.05, 0) is 49.1 Å². The maximum absolute atomic E-state index is 12.4. The first-order valence-corrected chi connectivity index (χ1v) is 12.0. The molecule has 2 aromatic rings. The van der Waals surface area contributed by atoms with E-state index in [1.165, 1.54) is 19.2 Å². The Hall–Kier alpha value is -2.87. The fraction of sp³-hybridized carbons (Fsp3) is 0.391. The Balaban J connectivity index is 1.79. The number of hydrogen-bond acceptors (Lipinski definition) is 6. The lowest BCUT2D eigenvalue weighted by atomic mass is 10.0. The minimum absolute atomic E-state index is 0.109. The summed E-state index contributed by atoms with van der Waals surface area (Å²) in [6, 6.07) is 15.8. The Morgan fingerprint density at radius 3 is 2.29 bits per heavy atom. The molecule has 2 aromatic carbocycles. The van der Waals surface area contributed by atoms with Crippen LogP contribution in [0.5, 0.6) is 5.75 Å². The number of methoxy groups -OCH3 is 1. The fourth-order valence-electron chi connectivity index (χ4n) is 3.02. The van der Waals surface area contributed by atoms with E-state index < -0.39 is 9.84 Å². The normalized spacial score (nSPS) is 12.1. The lowest BCUT2D eigenvalue weighted by molar-refractivity contribution is -0.141. The highest BCUT2D eigenvalue weighted by atomic mass is 32.2. The van der Waals surface area contributed by atoms with Crippen LogP contribution in [0.1, 0.15) is 31.2 Å². The van der Waals surface area contributed by atoms with Gasteiger partial charge in [-0.25, -0.2) is 8.42 Å². The van der Waals surface area contributed by atoms with Crippen molar-refractivity contribution in [2.75, 3.05) is 20.0 Å². The van der Waals surface area contributed by atoms with Gasteiger partial charge in [-0.1, -0.05) is 30.3 Å². The number of carbonyl (C=O) groups excluding carboxylic acids is 2. The van der Waals surface area contributed by atoms with Gasteiger partial charge in [0.1, 0.15) is 5.75 Å². The number of benzene rings is 2. The van der Waals surface area contributed by atoms with E-state index in [4.69, 9.17) is 9.47 Å². The zero-order valence-corrected chi connectivity index (χ0v) is 18.7. The van der Waals surface area contributed by atoms with Gasteiger partial charge in [0, 0.05) is 25.1 Å². The molecule has 168 valence electrons. The SMILES string of the molecule is COC(=O)CC[C@H](Cc1ccccc1)NC(=O)CCCOc1ccc(S(C)(=O)=O)cc1. The Morgan fingerprint density at radius 2 is 1.68 bits per heavy atom. The van der Waals surface area contributed by atoms with Crippen LogP contribution in [-0.4, -0.2) is 46.3 Å². The third-order valence-electron chi connectivity index (χ3n) is 4.68. The van der Waals surface area contributed by atoms with E-state index in [0.717, 1.165) is 11.8 Å². The van der Waals surface area contributed by atoms with Crippen LogP contribution in [0.4, 0.5) is 0 Å². The van der Waals surface area contributed by atoms with Crippen LogP contribution in [0.2, 0.25) is 0 Å². The van der Waals surface area contributed by atoms with Gasteiger partial charge < -0.3 is 14.8 Å². The fourth-order valence-corrected chi connectivity index (χ4v) is 3.65. The third-order valence-corrected chi connectivity index (χ3v) is 5.81. The first-order chi connectivity index (χ1) is 14.8. The van der Waals surface area contributed by atoms with E-state index in [9.17, 15) is 18.0 Å². The molecule has 0 aliphatic rings. The van der Waals surface area contributed by atoms with Gasteiger partial charge in [-0.2, -0.15) is 0 Å². The van der Waals surface area contributed by atoms with E-state index in [1.54, 1.807) is 12.1 Å². The number of carbonyl (C=O) groups is 2. The molecule has 1 atom stereocenters. The molecule has 0 aromatic heterocycles. The van der Waals surface area contributed by atoms with Crippen LogP contribution in [-0.2, 0) is 30.6 Å². The molecule has 0 bridgehead atoms. The molecule has 0 radical (unpaired) electrons. The highest BCUT2D eigenvalue weighted by molar-refractivity contribution is 7.90. The van der Waals surface area contributed by atoms with Crippen LogP contribution in [0.3, 0.4) is 0 Å². The summed E-state index contributed by atoms with van der Waals surface area (Å²) >= 11 is 0. The molecule has 8 heteroatoms. The van der Waals surface area contributed by atoms with Gasteiger partial charge in [0.05, 0.1) is 18.6 Å². The molecule has 0 fully saturated rings. The second kappa shape index (κ2) is 12.1. The highest BCUT2D eigenvalue weighted by Gasteiger charge is 2.15. The molecule has 0 saturated heterocycles. The van der Waals surface area contributed by atoms with Crippen molar-refractivity contribution in [3.63, 3.8) is 0 Å². The summed E-state index contributed by atoms with van der Waals surface area (Å²) in [5.74, 6) is 0.136. The summed E-state index contributed by atoms with van der Waals surface area (Å²) in [4.78, 5) is 24.1. The van der Waals surface area contributed by atoms with Gasteiger partial charge in [0.25, 0.3) is 0 Å². The smallest absolute Gasteiger partial charge is 0.305 e. The lowest BCUT2D eigenvalue weighted by Gasteiger charge is -2.18. The van der Waals surface area contributed by atoms with Crippen molar-refractivity contribution < 1.29 is 27.5 Å². The van der Waals surface area contributed by atoms with Crippen LogP contribution >= 0.6 is 0 Å². The summed E-state index contributed by atoms with van der Waals surface area (Å²) in [5.41, 5.74) is 1.08. The number of ether oxygens (including phenoxy) is 2. The molecule has 0 spiro atoms. The lowest BCUT2D eigenvalue weighted by Crippen LogP contribution is -2.37. The van der Waals surface area contributed by atoms with E-state index in [1.807, 2.05) is 30.3 Å². The number of rotatable bonds is 12. The molecule has 1 amide bonds. The minimum atomic E-state index is -3.24. The van der Waals surface area contributed by atoms with E-state index >= 15 is 0 Å². The van der Waals surface area contributed by atoms with Crippen molar-refractivity contribution in [1.29, 1.82) is 0 Å². The molecular formula is C23H29NO6S. The number of hydrogen-bond donors (Lipinski definition) is 1. The average Bonchev–Trinajstić information content (AvgIpc) is 2.75. The summed E-state index contributed by atoms with van der Waals surface area (Å²) < 4.78 is 33.2. The second-order valence-electron chi connectivity index (χ2n) is 7.26. The summed E-state index contributed by atoms with van der Waals surface area (Å²) in [6.45, 7) is 0.331. The summed E-state index contributed by atoms with van der Waals surface area (Å²) in [6.07, 6.45) is 3.31. The van der Waals surface area contributed by atoms with Crippen LogP contribution in [0, 0.1) is 0 Å². The van der Waals surface area contributed by atoms with E-state index in [0.29, 0.717) is 31.6 Å². The maximum Gasteiger partial charge on any atom is 0.305 e. The Kier molecular flexibility index (Phi) is 9.52. The van der Waals surface area contributed by atoms with Crippen LogP contribution < -0.4 is 10.1 Å². The number of amides is 1. The van der Waals surface area contributed by atoms with Gasteiger partial charge in [0.15, 0.2) is 9.84 Å². The molecule has 0 unspecified atom stereocenters. The molecule has 31 heavy (non-hydrogen) atoms.